The van der Waals surface area contributed by atoms with Crippen LogP contribution in [0.25, 0.3) is 32.7 Å². The molecule has 2 N–H and O–H groups in total. The van der Waals surface area contributed by atoms with Crippen LogP contribution in [0.5, 0.6) is 0 Å². The van der Waals surface area contributed by atoms with Crippen LogP contribution in [0.15, 0.2) is 170 Å². The minimum atomic E-state index is -5.22. The van der Waals surface area contributed by atoms with E-state index in [1.54, 1.807) is 127 Å². The van der Waals surface area contributed by atoms with Crippen LogP contribution < -0.4 is 26.5 Å². The predicted octanol–water partition coefficient (Wildman–Crippen LogP) is 15.7. The monoisotopic (exact) mass is 1010 g/mol. The maximum absolute atomic E-state index is 14.6. The number of carbonyl (C=O) groups excluding carboxylic acids is 1. The standard InChI is InChI=1S/C50H32BrF12N2OP/c51-67(38-13-3-1-4-14-38,39-15-5-2-6-16-39,29-30-23-33(47(52,53)54)25-34(24-30)48(55,56)57)43-22-20-32-12-8-10-18-41(32)45(43)44-40-17-9-7-11-31(40)19-21-42(44)65-46(66)64-37-27-35(49(58,59)60)26-36(28-37)50(61,62)63/h1-28H,29H2,(H2,64,65,66). The van der Waals surface area contributed by atoms with Gasteiger partial charge in [0.25, 0.3) is 0 Å². The molecule has 0 aromatic heterocycles. The number of hydrogen-bond acceptors (Lipinski definition) is 1. The Morgan fingerprint density at radius 2 is 0.851 bits per heavy atom. The molecule has 344 valence electrons. The van der Waals surface area contributed by atoms with Gasteiger partial charge in [0.05, 0.1) is 0 Å². The Kier molecular flexibility index (Phi) is 12.0. The number of rotatable bonds is 8. The second-order valence-electron chi connectivity index (χ2n) is 15.7. The third-order valence-corrected chi connectivity index (χ3v) is 20.8. The van der Waals surface area contributed by atoms with E-state index in [-0.39, 0.29) is 28.9 Å². The van der Waals surface area contributed by atoms with Gasteiger partial charge >= 0.3 is 383 Å². The Balaban J connectivity index is 1.46. The van der Waals surface area contributed by atoms with Gasteiger partial charge in [-0.2, -0.15) is 0 Å². The average Bonchev–Trinajstić information content (AvgIpc) is 3.28. The van der Waals surface area contributed by atoms with E-state index in [2.05, 4.69) is 26.1 Å². The van der Waals surface area contributed by atoms with Crippen LogP contribution in [0, 0.1) is 0 Å². The normalized spacial score (nSPS) is 13.3. The van der Waals surface area contributed by atoms with Gasteiger partial charge in [-0.05, 0) is 0 Å². The van der Waals surface area contributed by atoms with Crippen LogP contribution >= 0.6 is 20.8 Å². The first-order chi connectivity index (χ1) is 31.4. The predicted molar refractivity (Wildman–Crippen MR) is 244 cm³/mol. The molecule has 0 saturated carbocycles. The number of alkyl halides is 12. The van der Waals surface area contributed by atoms with E-state index in [1.165, 1.54) is 6.07 Å². The molecule has 0 aliphatic rings. The summed E-state index contributed by atoms with van der Waals surface area (Å²) >= 11 is 4.25. The molecule has 0 unspecified atom stereocenters. The molecule has 8 aromatic rings. The van der Waals surface area contributed by atoms with Crippen molar-refractivity contribution < 1.29 is 57.5 Å². The molecule has 17 heteroatoms. The van der Waals surface area contributed by atoms with E-state index in [1.807, 2.05) is 0 Å². The second-order valence-corrected chi connectivity index (χ2v) is 24.6. The summed E-state index contributed by atoms with van der Waals surface area (Å²) in [4.78, 5) is 14.0. The Morgan fingerprint density at radius 3 is 1.31 bits per heavy atom. The fourth-order valence-electron chi connectivity index (χ4n) is 8.49. The topological polar surface area (TPSA) is 41.1 Å². The van der Waals surface area contributed by atoms with Gasteiger partial charge in [0.15, 0.2) is 0 Å². The minimum absolute atomic E-state index is 0.00562. The van der Waals surface area contributed by atoms with Gasteiger partial charge in [-0.15, -0.1) is 0 Å². The van der Waals surface area contributed by atoms with Crippen molar-refractivity contribution in [1.82, 2.24) is 0 Å². The summed E-state index contributed by atoms with van der Waals surface area (Å²) in [6.45, 7) is 0. The molecule has 0 aliphatic carbocycles. The fourth-order valence-corrected chi connectivity index (χ4v) is 16.6. The summed E-state index contributed by atoms with van der Waals surface area (Å²) < 4.78 is 170. The van der Waals surface area contributed by atoms with Crippen LogP contribution in [0.4, 0.5) is 68.9 Å². The Morgan fingerprint density at radius 1 is 0.448 bits per heavy atom. The molecular formula is C50H32BrF12N2OP. The van der Waals surface area contributed by atoms with E-state index in [4.69, 9.17) is 0 Å². The molecule has 8 rings (SSSR count). The van der Waals surface area contributed by atoms with E-state index in [0.717, 1.165) is 0 Å². The van der Waals surface area contributed by atoms with E-state index in [0.29, 0.717) is 67.3 Å². The first-order valence-electron chi connectivity index (χ1n) is 20.0. The van der Waals surface area contributed by atoms with Crippen molar-refractivity contribution in [2.75, 3.05) is 10.6 Å². The van der Waals surface area contributed by atoms with Gasteiger partial charge in [-0.3, -0.25) is 0 Å². The second kappa shape index (κ2) is 17.0. The molecule has 0 radical (unpaired) electrons. The van der Waals surface area contributed by atoms with Crippen molar-refractivity contribution in [3.05, 3.63) is 198 Å². The molecule has 0 bridgehead atoms. The summed E-state index contributed by atoms with van der Waals surface area (Å²) in [5.41, 5.74) is -6.92. The molecule has 0 spiro atoms. The molecule has 67 heavy (non-hydrogen) atoms. The Labute approximate surface area is 382 Å². The third kappa shape index (κ3) is 9.08. The van der Waals surface area contributed by atoms with Crippen LogP contribution in [0.3, 0.4) is 0 Å². The summed E-state index contributed by atoms with van der Waals surface area (Å²) in [5, 5.41) is 3.55. The van der Waals surface area contributed by atoms with Gasteiger partial charge in [0, 0.05) is 0 Å². The number of benzene rings is 8. The van der Waals surface area contributed by atoms with Gasteiger partial charge in [-0.25, -0.2) is 0 Å². The number of nitrogens with one attached hydrogen (secondary N) is 2. The number of urea groups is 1. The Bertz CT molecular complexity index is 3070. The summed E-state index contributed by atoms with van der Waals surface area (Å²) in [6.07, 6.45) is -21.3. The van der Waals surface area contributed by atoms with Crippen molar-refractivity contribution in [3.63, 3.8) is 0 Å². The molecule has 8 aromatic carbocycles. The molecular weight excluding hydrogens is 983 g/mol. The zero-order valence-corrected chi connectivity index (χ0v) is 36.6. The summed E-state index contributed by atoms with van der Waals surface area (Å²) in [6, 6.07) is 38.3. The maximum atomic E-state index is 14.6. The van der Waals surface area contributed by atoms with Crippen LogP contribution in [0.1, 0.15) is 27.8 Å². The van der Waals surface area contributed by atoms with E-state index >= 15 is 0 Å². The van der Waals surface area contributed by atoms with Crippen LogP contribution in [-0.4, -0.2) is 6.03 Å². The summed E-state index contributed by atoms with van der Waals surface area (Å²) in [5.74, 6) is 0. The van der Waals surface area contributed by atoms with Crippen molar-refractivity contribution in [1.29, 1.82) is 0 Å². The quantitative estimate of drug-likeness (QED) is 0.116. The first-order valence-corrected chi connectivity index (χ1v) is 24.4. The third-order valence-electron chi connectivity index (χ3n) is 11.4. The zero-order valence-electron chi connectivity index (χ0n) is 34.1. The van der Waals surface area contributed by atoms with Gasteiger partial charge in [0.2, 0.25) is 0 Å². The number of halogens is 13. The molecule has 0 saturated heterocycles. The zero-order chi connectivity index (χ0) is 48.2. The van der Waals surface area contributed by atoms with E-state index < -0.39 is 70.1 Å². The van der Waals surface area contributed by atoms with Crippen LogP contribution in [-0.2, 0) is 30.9 Å². The fraction of sp³-hybridized carbons (Fsp3) is 0.100. The number of amides is 2. The SMILES string of the molecule is O=C(Nc1cc(C(F)(F)F)cc(C(F)(F)F)c1)Nc1ccc2ccccc2c1-c1c(P(Br)(Cc2cc(C(F)(F)F)cc(C(F)(F)F)c2)(c2ccccc2)c2ccccc2)ccc2ccccc12. The van der Waals surface area contributed by atoms with Crippen LogP contribution in [0.2, 0.25) is 0 Å². The molecule has 0 atom stereocenters. The number of fused-ring (bicyclic) bond motifs is 2. The summed E-state index contributed by atoms with van der Waals surface area (Å²) in [7, 11) is 0. The number of anilines is 2. The van der Waals surface area contributed by atoms with Gasteiger partial charge < -0.3 is 0 Å². The van der Waals surface area contributed by atoms with Crippen molar-refractivity contribution in [2.45, 2.75) is 30.9 Å². The molecule has 0 heterocycles. The molecule has 3 nitrogen and oxygen atoms in total. The average molecular weight is 1020 g/mol. The number of carbonyl (C=O) groups is 1. The van der Waals surface area contributed by atoms with Crippen molar-refractivity contribution in [2.24, 2.45) is 0 Å². The van der Waals surface area contributed by atoms with E-state index in [9.17, 15) is 57.5 Å². The van der Waals surface area contributed by atoms with Crippen molar-refractivity contribution >= 4 is 75.7 Å². The molecule has 0 aliphatic heterocycles. The first kappa shape index (κ1) is 47.1. The van der Waals surface area contributed by atoms with Crippen molar-refractivity contribution in [3.8, 4) is 11.1 Å². The van der Waals surface area contributed by atoms with Gasteiger partial charge in [-0.1, -0.05) is 0 Å². The molecule has 2 amide bonds. The van der Waals surface area contributed by atoms with Gasteiger partial charge in [0.1, 0.15) is 0 Å². The molecule has 0 fully saturated rings. The number of hydrogen-bond donors (Lipinski definition) is 2. The Hall–Kier alpha value is -6.38.